The van der Waals surface area contributed by atoms with E-state index in [0.717, 1.165) is 11.3 Å². The van der Waals surface area contributed by atoms with Gasteiger partial charge in [0.2, 0.25) is 5.91 Å². The maximum Gasteiger partial charge on any atom is 0.225 e. The van der Waals surface area contributed by atoms with E-state index in [2.05, 4.69) is 6.07 Å². The van der Waals surface area contributed by atoms with Gasteiger partial charge in [0.1, 0.15) is 11.9 Å². The molecule has 0 saturated heterocycles. The molecule has 3 rings (SSSR count). The number of thiophene rings is 1. The highest BCUT2D eigenvalue weighted by molar-refractivity contribution is 7.10. The molecular weight excluding hydrogens is 301 g/mol. The van der Waals surface area contributed by atoms with Crippen LogP contribution in [0.5, 0.6) is 0 Å². The summed E-state index contributed by atoms with van der Waals surface area (Å²) in [5.74, 6) is -0.314. The summed E-state index contributed by atoms with van der Waals surface area (Å²) in [6.45, 7) is 0.925. The summed E-state index contributed by atoms with van der Waals surface area (Å²) in [6, 6.07) is 8.64. The van der Waals surface area contributed by atoms with Gasteiger partial charge in [-0.2, -0.15) is 0 Å². The number of carbonyl (C=O) groups is 1. The molecule has 22 heavy (non-hydrogen) atoms. The number of amides is 1. The largest absolute Gasteiger partial charge is 0.372 e. The molecule has 0 aliphatic carbocycles. The van der Waals surface area contributed by atoms with Gasteiger partial charge in [0.25, 0.3) is 0 Å². The van der Waals surface area contributed by atoms with Gasteiger partial charge in [0.05, 0.1) is 13.0 Å². The molecule has 0 spiro atoms. The maximum atomic E-state index is 13.7. The van der Waals surface area contributed by atoms with E-state index in [1.165, 1.54) is 11.6 Å². The second-order valence-electron chi connectivity index (χ2n) is 5.46. The lowest BCUT2D eigenvalue weighted by molar-refractivity contribution is -0.133. The second kappa shape index (κ2) is 6.58. The molecule has 0 bridgehead atoms. The van der Waals surface area contributed by atoms with Crippen LogP contribution >= 0.6 is 11.3 Å². The fourth-order valence-corrected chi connectivity index (χ4v) is 3.66. The molecule has 1 atom stereocenters. The second-order valence-corrected chi connectivity index (χ2v) is 6.41. The highest BCUT2D eigenvalue weighted by atomic mass is 32.1. The van der Waals surface area contributed by atoms with Crippen LogP contribution in [0.1, 0.15) is 28.5 Å². The molecule has 116 valence electrons. The molecule has 1 amide bonds. The SMILES string of the molecule is CN(Cc1ccccc1F)C(=O)CC1OCCc2ccsc21. The van der Waals surface area contributed by atoms with Crippen molar-refractivity contribution in [3.8, 4) is 0 Å². The Labute approximate surface area is 133 Å². The standard InChI is InChI=1S/C17H18FNO2S/c1-19(11-13-4-2-3-5-14(13)18)16(20)10-15-17-12(6-8-21-15)7-9-22-17/h2-5,7,9,15H,6,8,10-11H2,1H3. The molecule has 0 fully saturated rings. The molecule has 1 aliphatic heterocycles. The summed E-state index contributed by atoms with van der Waals surface area (Å²) in [5, 5.41) is 2.04. The molecule has 2 heterocycles. The molecule has 1 aromatic carbocycles. The highest BCUT2D eigenvalue weighted by Gasteiger charge is 2.26. The molecule has 5 heteroatoms. The first-order chi connectivity index (χ1) is 10.6. The summed E-state index contributed by atoms with van der Waals surface area (Å²) in [5.41, 5.74) is 1.81. The van der Waals surface area contributed by atoms with Crippen molar-refractivity contribution >= 4 is 17.2 Å². The molecule has 0 radical (unpaired) electrons. The number of ether oxygens (including phenoxy) is 1. The topological polar surface area (TPSA) is 29.5 Å². The van der Waals surface area contributed by atoms with E-state index in [4.69, 9.17) is 4.74 Å². The Bertz CT molecular complexity index is 670. The molecule has 0 saturated carbocycles. The third-order valence-corrected chi connectivity index (χ3v) is 4.97. The molecule has 0 N–H and O–H groups in total. The Kier molecular flexibility index (Phi) is 4.55. The van der Waals surface area contributed by atoms with Gasteiger partial charge in [-0.25, -0.2) is 4.39 Å². The monoisotopic (exact) mass is 319 g/mol. The number of halogens is 1. The first-order valence-corrected chi connectivity index (χ1v) is 8.18. The van der Waals surface area contributed by atoms with E-state index in [-0.39, 0.29) is 24.4 Å². The zero-order chi connectivity index (χ0) is 15.5. The zero-order valence-corrected chi connectivity index (χ0v) is 13.2. The van der Waals surface area contributed by atoms with Crippen molar-refractivity contribution in [2.45, 2.75) is 25.5 Å². The lowest BCUT2D eigenvalue weighted by atomic mass is 10.0. The molecule has 1 unspecified atom stereocenters. The summed E-state index contributed by atoms with van der Waals surface area (Å²) in [7, 11) is 1.70. The van der Waals surface area contributed by atoms with E-state index in [0.29, 0.717) is 18.6 Å². The van der Waals surface area contributed by atoms with Crippen LogP contribution in [-0.2, 0) is 22.5 Å². The minimum atomic E-state index is -0.281. The summed E-state index contributed by atoms with van der Waals surface area (Å²) >= 11 is 1.64. The van der Waals surface area contributed by atoms with Gasteiger partial charge in [-0.3, -0.25) is 4.79 Å². The van der Waals surface area contributed by atoms with Crippen LogP contribution in [0, 0.1) is 5.82 Å². The lowest BCUT2D eigenvalue weighted by Gasteiger charge is -2.25. The van der Waals surface area contributed by atoms with Gasteiger partial charge >= 0.3 is 0 Å². The van der Waals surface area contributed by atoms with Gasteiger partial charge in [0.15, 0.2) is 0 Å². The molecule has 2 aromatic rings. The molecule has 3 nitrogen and oxygen atoms in total. The van der Waals surface area contributed by atoms with E-state index in [1.54, 1.807) is 41.5 Å². The highest BCUT2D eigenvalue weighted by Crippen LogP contribution is 2.34. The number of fused-ring (bicyclic) bond motifs is 1. The molecule has 1 aromatic heterocycles. The van der Waals surface area contributed by atoms with Crippen LogP contribution in [0.25, 0.3) is 0 Å². The minimum Gasteiger partial charge on any atom is -0.372 e. The van der Waals surface area contributed by atoms with Gasteiger partial charge in [-0.05, 0) is 29.5 Å². The zero-order valence-electron chi connectivity index (χ0n) is 12.4. The van der Waals surface area contributed by atoms with Gasteiger partial charge < -0.3 is 9.64 Å². The van der Waals surface area contributed by atoms with Gasteiger partial charge in [-0.1, -0.05) is 18.2 Å². The number of carbonyl (C=O) groups excluding carboxylic acids is 1. The van der Waals surface area contributed by atoms with E-state index in [9.17, 15) is 9.18 Å². The van der Waals surface area contributed by atoms with Crippen molar-refractivity contribution in [3.63, 3.8) is 0 Å². The Morgan fingerprint density at radius 2 is 2.23 bits per heavy atom. The van der Waals surface area contributed by atoms with Crippen LogP contribution in [-0.4, -0.2) is 24.5 Å². The van der Waals surface area contributed by atoms with Crippen molar-refractivity contribution in [1.29, 1.82) is 0 Å². The average Bonchev–Trinajstić information content (AvgIpc) is 2.99. The van der Waals surface area contributed by atoms with Crippen LogP contribution in [0.4, 0.5) is 4.39 Å². The lowest BCUT2D eigenvalue weighted by Crippen LogP contribution is -2.29. The Morgan fingerprint density at radius 3 is 3.05 bits per heavy atom. The number of benzene rings is 1. The van der Waals surface area contributed by atoms with Crippen molar-refractivity contribution in [2.75, 3.05) is 13.7 Å². The third kappa shape index (κ3) is 3.20. The number of rotatable bonds is 4. The van der Waals surface area contributed by atoms with Crippen LogP contribution in [0.2, 0.25) is 0 Å². The molecule has 1 aliphatic rings. The van der Waals surface area contributed by atoms with Crippen molar-refractivity contribution in [1.82, 2.24) is 4.90 Å². The number of hydrogen-bond donors (Lipinski definition) is 0. The van der Waals surface area contributed by atoms with Gasteiger partial charge in [0, 0.05) is 24.0 Å². The van der Waals surface area contributed by atoms with Gasteiger partial charge in [-0.15, -0.1) is 11.3 Å². The predicted octanol–water partition coefficient (Wildman–Crippen LogP) is 3.55. The fourth-order valence-electron chi connectivity index (χ4n) is 2.66. The first kappa shape index (κ1) is 15.2. The predicted molar refractivity (Wildman–Crippen MR) is 84.2 cm³/mol. The molecular formula is C17H18FNO2S. The van der Waals surface area contributed by atoms with E-state index < -0.39 is 0 Å². The van der Waals surface area contributed by atoms with E-state index in [1.807, 2.05) is 5.38 Å². The Hall–Kier alpha value is -1.72. The first-order valence-electron chi connectivity index (χ1n) is 7.30. The maximum absolute atomic E-state index is 13.7. The summed E-state index contributed by atoms with van der Waals surface area (Å²) in [4.78, 5) is 15.1. The Balaban J connectivity index is 1.64. The van der Waals surface area contributed by atoms with Crippen LogP contribution < -0.4 is 0 Å². The Morgan fingerprint density at radius 1 is 1.41 bits per heavy atom. The average molecular weight is 319 g/mol. The van der Waals surface area contributed by atoms with Crippen molar-refractivity contribution in [3.05, 3.63) is 57.5 Å². The third-order valence-electron chi connectivity index (χ3n) is 3.91. The summed E-state index contributed by atoms with van der Waals surface area (Å²) < 4.78 is 19.4. The van der Waals surface area contributed by atoms with Crippen molar-refractivity contribution in [2.24, 2.45) is 0 Å². The normalized spacial score (nSPS) is 17.1. The quantitative estimate of drug-likeness (QED) is 0.862. The fraction of sp³-hybridized carbons (Fsp3) is 0.353. The van der Waals surface area contributed by atoms with E-state index >= 15 is 0 Å². The number of nitrogens with zero attached hydrogens (tertiary/aromatic N) is 1. The van der Waals surface area contributed by atoms with Crippen LogP contribution in [0.3, 0.4) is 0 Å². The van der Waals surface area contributed by atoms with Crippen molar-refractivity contribution < 1.29 is 13.9 Å². The summed E-state index contributed by atoms with van der Waals surface area (Å²) in [6.07, 6.45) is 1.05. The number of hydrogen-bond acceptors (Lipinski definition) is 3. The smallest absolute Gasteiger partial charge is 0.225 e. The van der Waals surface area contributed by atoms with Crippen LogP contribution in [0.15, 0.2) is 35.7 Å². The minimum absolute atomic E-state index is 0.0329.